The third-order valence-electron chi connectivity index (χ3n) is 2.17. The summed E-state index contributed by atoms with van der Waals surface area (Å²) in [4.78, 5) is 22.9. The van der Waals surface area contributed by atoms with E-state index in [0.717, 1.165) is 6.42 Å². The molecule has 0 spiro atoms. The van der Waals surface area contributed by atoms with Crippen LogP contribution in [-0.4, -0.2) is 42.6 Å². The first-order valence-corrected chi connectivity index (χ1v) is 5.10. The molecule has 5 nitrogen and oxygen atoms in total. The summed E-state index contributed by atoms with van der Waals surface area (Å²) in [6.45, 7) is 2.59. The molecular formula is C10H20N2O3. The minimum Gasteiger partial charge on any atom is -0.481 e. The summed E-state index contributed by atoms with van der Waals surface area (Å²) in [5, 5.41) is 11.2. The average molecular weight is 216 g/mol. The maximum absolute atomic E-state index is 11.1. The van der Waals surface area contributed by atoms with Gasteiger partial charge in [-0.3, -0.25) is 4.79 Å². The Bertz CT molecular complexity index is 217. The molecule has 0 aromatic rings. The summed E-state index contributed by atoms with van der Waals surface area (Å²) < 4.78 is 0. The zero-order valence-corrected chi connectivity index (χ0v) is 9.62. The van der Waals surface area contributed by atoms with Gasteiger partial charge in [-0.2, -0.15) is 0 Å². The molecule has 0 aliphatic carbocycles. The summed E-state index contributed by atoms with van der Waals surface area (Å²) >= 11 is 0. The van der Waals surface area contributed by atoms with E-state index in [-0.39, 0.29) is 12.5 Å². The summed E-state index contributed by atoms with van der Waals surface area (Å²) in [5.74, 6) is -0.442. The fourth-order valence-corrected chi connectivity index (χ4v) is 1.10. The van der Waals surface area contributed by atoms with Gasteiger partial charge in [-0.1, -0.05) is 6.92 Å². The first kappa shape index (κ1) is 13.7. The SMILES string of the molecule is CC(CCNC(=O)N(C)C)CCC(=O)O. The van der Waals surface area contributed by atoms with Crippen LogP contribution in [0, 0.1) is 5.92 Å². The fraction of sp³-hybridized carbons (Fsp3) is 0.800. The molecule has 0 radical (unpaired) electrons. The number of amides is 2. The van der Waals surface area contributed by atoms with Crippen molar-refractivity contribution in [1.82, 2.24) is 10.2 Å². The van der Waals surface area contributed by atoms with Crippen LogP contribution < -0.4 is 5.32 Å². The van der Waals surface area contributed by atoms with Crippen molar-refractivity contribution >= 4 is 12.0 Å². The predicted octanol–water partition coefficient (Wildman–Crippen LogP) is 1.15. The second-order valence-electron chi connectivity index (χ2n) is 3.95. The maximum atomic E-state index is 11.1. The average Bonchev–Trinajstić information content (AvgIpc) is 2.14. The number of carbonyl (C=O) groups is 2. The van der Waals surface area contributed by atoms with Gasteiger partial charge in [0.1, 0.15) is 0 Å². The normalized spacial score (nSPS) is 11.9. The summed E-state index contributed by atoms with van der Waals surface area (Å²) in [6.07, 6.45) is 1.67. The number of aliphatic carboxylic acids is 1. The van der Waals surface area contributed by atoms with E-state index < -0.39 is 5.97 Å². The van der Waals surface area contributed by atoms with Crippen molar-refractivity contribution in [2.45, 2.75) is 26.2 Å². The van der Waals surface area contributed by atoms with Gasteiger partial charge < -0.3 is 15.3 Å². The van der Waals surface area contributed by atoms with E-state index in [1.807, 2.05) is 6.92 Å². The number of rotatable bonds is 6. The molecular weight excluding hydrogens is 196 g/mol. The second-order valence-corrected chi connectivity index (χ2v) is 3.95. The van der Waals surface area contributed by atoms with Gasteiger partial charge in [-0.05, 0) is 18.8 Å². The van der Waals surface area contributed by atoms with E-state index in [1.165, 1.54) is 4.90 Å². The number of carboxylic acids is 1. The van der Waals surface area contributed by atoms with Crippen LogP contribution in [0.4, 0.5) is 4.79 Å². The molecule has 0 aliphatic heterocycles. The zero-order chi connectivity index (χ0) is 11.8. The van der Waals surface area contributed by atoms with Crippen LogP contribution in [0.2, 0.25) is 0 Å². The minimum atomic E-state index is -0.765. The largest absolute Gasteiger partial charge is 0.481 e. The van der Waals surface area contributed by atoms with Crippen molar-refractivity contribution in [2.75, 3.05) is 20.6 Å². The van der Waals surface area contributed by atoms with Gasteiger partial charge in [0.2, 0.25) is 0 Å². The van der Waals surface area contributed by atoms with Gasteiger partial charge in [0.25, 0.3) is 0 Å². The third kappa shape index (κ3) is 7.78. The summed E-state index contributed by atoms with van der Waals surface area (Å²) in [7, 11) is 3.37. The van der Waals surface area contributed by atoms with Crippen molar-refractivity contribution < 1.29 is 14.7 Å². The minimum absolute atomic E-state index is 0.111. The standard InChI is InChI=1S/C10H20N2O3/c1-8(4-5-9(13)14)6-7-11-10(15)12(2)3/h8H,4-7H2,1-3H3,(H,11,15)(H,13,14). The molecule has 1 atom stereocenters. The number of carboxylic acid groups (broad SMARTS) is 1. The number of carbonyl (C=O) groups excluding carboxylic acids is 1. The molecule has 0 heterocycles. The number of hydrogen-bond acceptors (Lipinski definition) is 2. The Balaban J connectivity index is 3.50. The van der Waals surface area contributed by atoms with Crippen molar-refractivity contribution in [3.63, 3.8) is 0 Å². The van der Waals surface area contributed by atoms with Gasteiger partial charge in [-0.25, -0.2) is 4.79 Å². The highest BCUT2D eigenvalue weighted by atomic mass is 16.4. The Morgan fingerprint density at radius 2 is 1.93 bits per heavy atom. The van der Waals surface area contributed by atoms with Crippen LogP contribution in [-0.2, 0) is 4.79 Å². The lowest BCUT2D eigenvalue weighted by atomic mass is 10.0. The first-order valence-electron chi connectivity index (χ1n) is 5.10. The Morgan fingerprint density at radius 1 is 1.33 bits per heavy atom. The van der Waals surface area contributed by atoms with E-state index in [9.17, 15) is 9.59 Å². The highest BCUT2D eigenvalue weighted by Gasteiger charge is 2.07. The van der Waals surface area contributed by atoms with E-state index >= 15 is 0 Å². The molecule has 1 unspecified atom stereocenters. The van der Waals surface area contributed by atoms with Crippen molar-refractivity contribution in [1.29, 1.82) is 0 Å². The molecule has 2 amide bonds. The summed E-state index contributed by atoms with van der Waals surface area (Å²) in [5.41, 5.74) is 0. The monoisotopic (exact) mass is 216 g/mol. The van der Waals surface area contributed by atoms with E-state index in [0.29, 0.717) is 18.9 Å². The Morgan fingerprint density at radius 3 is 2.40 bits per heavy atom. The lowest BCUT2D eigenvalue weighted by molar-refractivity contribution is -0.137. The predicted molar refractivity (Wildman–Crippen MR) is 57.7 cm³/mol. The van der Waals surface area contributed by atoms with Crippen LogP contribution >= 0.6 is 0 Å². The smallest absolute Gasteiger partial charge is 0.316 e. The van der Waals surface area contributed by atoms with Crippen LogP contribution in [0.15, 0.2) is 0 Å². The van der Waals surface area contributed by atoms with E-state index in [2.05, 4.69) is 5.32 Å². The van der Waals surface area contributed by atoms with Crippen LogP contribution in [0.1, 0.15) is 26.2 Å². The van der Waals surface area contributed by atoms with Crippen LogP contribution in [0.5, 0.6) is 0 Å². The molecule has 0 saturated heterocycles. The molecule has 5 heteroatoms. The highest BCUT2D eigenvalue weighted by molar-refractivity contribution is 5.73. The van der Waals surface area contributed by atoms with Crippen LogP contribution in [0.3, 0.4) is 0 Å². The quantitative estimate of drug-likeness (QED) is 0.699. The number of urea groups is 1. The van der Waals surface area contributed by atoms with Gasteiger partial charge in [0.15, 0.2) is 0 Å². The highest BCUT2D eigenvalue weighted by Crippen LogP contribution is 2.08. The number of nitrogens with zero attached hydrogens (tertiary/aromatic N) is 1. The molecule has 2 N–H and O–H groups in total. The first-order chi connectivity index (χ1) is 6.93. The van der Waals surface area contributed by atoms with Crippen molar-refractivity contribution in [3.05, 3.63) is 0 Å². The Kier molecular flexibility index (Phi) is 6.49. The molecule has 15 heavy (non-hydrogen) atoms. The fourth-order valence-electron chi connectivity index (χ4n) is 1.10. The third-order valence-corrected chi connectivity index (χ3v) is 2.17. The van der Waals surface area contributed by atoms with E-state index in [1.54, 1.807) is 14.1 Å². The Hall–Kier alpha value is -1.26. The van der Waals surface area contributed by atoms with Crippen molar-refractivity contribution in [3.8, 4) is 0 Å². The number of hydrogen-bond donors (Lipinski definition) is 2. The molecule has 0 bridgehead atoms. The lowest BCUT2D eigenvalue weighted by Crippen LogP contribution is -2.35. The van der Waals surface area contributed by atoms with Gasteiger partial charge in [0, 0.05) is 27.1 Å². The van der Waals surface area contributed by atoms with Crippen molar-refractivity contribution in [2.24, 2.45) is 5.92 Å². The molecule has 88 valence electrons. The molecule has 0 fully saturated rings. The molecule has 0 rings (SSSR count). The molecule has 0 saturated carbocycles. The molecule has 0 aromatic carbocycles. The molecule has 0 aromatic heterocycles. The van der Waals surface area contributed by atoms with Gasteiger partial charge >= 0.3 is 12.0 Å². The van der Waals surface area contributed by atoms with Gasteiger partial charge in [0.05, 0.1) is 0 Å². The second kappa shape index (κ2) is 7.09. The number of nitrogens with one attached hydrogen (secondary N) is 1. The topological polar surface area (TPSA) is 69.6 Å². The lowest BCUT2D eigenvalue weighted by Gasteiger charge is -2.14. The maximum Gasteiger partial charge on any atom is 0.316 e. The van der Waals surface area contributed by atoms with Crippen LogP contribution in [0.25, 0.3) is 0 Å². The van der Waals surface area contributed by atoms with E-state index in [4.69, 9.17) is 5.11 Å². The van der Waals surface area contributed by atoms with Gasteiger partial charge in [-0.15, -0.1) is 0 Å². The Labute approximate surface area is 90.5 Å². The zero-order valence-electron chi connectivity index (χ0n) is 9.62. The summed E-state index contributed by atoms with van der Waals surface area (Å²) in [6, 6.07) is -0.111. The molecule has 0 aliphatic rings.